The number of likely N-dealkylation sites (N-methyl/N-ethyl adjacent to an activating group) is 1. The fraction of sp³-hybridized carbons (Fsp3) is 0.721. The second-order valence-electron chi connectivity index (χ2n) is 20.2. The summed E-state index contributed by atoms with van der Waals surface area (Å²) in [6.07, 6.45) is 73.7. The van der Waals surface area contributed by atoms with Crippen LogP contribution in [0, 0.1) is 0 Å². The molecule has 1 amide bonds. The SMILES string of the molecule is CC/C=C\C/C=C\C/C=C\C/C=C\C/C=C\CCCCCCCCCCCCCCCCCCCCCCCC(=O)NC(COP(=O)([O-])OCC[N+](C)(C)C)C(O)/C=C/CC/C=C/CC/C=C/CCC. The van der Waals surface area contributed by atoms with Crippen LogP contribution < -0.4 is 10.2 Å². The minimum absolute atomic E-state index is 0.0114. The van der Waals surface area contributed by atoms with Crippen molar-refractivity contribution in [3.8, 4) is 0 Å². The van der Waals surface area contributed by atoms with Crippen molar-refractivity contribution in [1.82, 2.24) is 5.32 Å². The number of unbranched alkanes of at least 4 members (excludes halogenated alkanes) is 24. The Morgan fingerprint density at radius 2 is 0.886 bits per heavy atom. The standard InChI is InChI=1S/C61H109N2O6P/c1-6-8-10-12-14-16-18-19-20-21-22-23-24-25-26-27-28-29-30-31-32-33-34-35-36-37-38-39-40-41-42-43-45-47-49-51-53-55-61(65)62-59(58-69-70(66,67)68-57-56-63(3,4)5)60(64)54-52-50-48-46-44-17-15-13-11-9-7-2/h8,10-11,13-14,16,19-20,22-23,25-26,44,46,52,54,59-60,64H,6-7,9,12,15,17-18,21,24,27-43,45,47-51,53,55-58H2,1-5H3,(H-,62,65,66,67)/b10-8-,13-11+,16-14-,20-19-,23-22-,26-25-,46-44+,54-52+. The molecule has 0 aromatic carbocycles. The fourth-order valence-electron chi connectivity index (χ4n) is 7.81. The Balaban J connectivity index is 3.95. The van der Waals surface area contributed by atoms with E-state index in [0.29, 0.717) is 17.4 Å². The van der Waals surface area contributed by atoms with Gasteiger partial charge in [-0.2, -0.15) is 0 Å². The number of carbonyl (C=O) groups excluding carboxylic acids is 1. The zero-order valence-corrected chi connectivity index (χ0v) is 46.8. The van der Waals surface area contributed by atoms with Gasteiger partial charge in [0.25, 0.3) is 7.82 Å². The van der Waals surface area contributed by atoms with Crippen LogP contribution >= 0.6 is 7.82 Å². The lowest BCUT2D eigenvalue weighted by atomic mass is 10.0. The number of quaternary nitrogens is 1. The highest BCUT2D eigenvalue weighted by Crippen LogP contribution is 2.38. The lowest BCUT2D eigenvalue weighted by Gasteiger charge is -2.29. The van der Waals surface area contributed by atoms with E-state index in [9.17, 15) is 19.4 Å². The number of phosphoric ester groups is 1. The third-order valence-electron chi connectivity index (χ3n) is 12.2. The van der Waals surface area contributed by atoms with Gasteiger partial charge in [-0.3, -0.25) is 9.36 Å². The summed E-state index contributed by atoms with van der Waals surface area (Å²) in [6.45, 7) is 4.42. The zero-order chi connectivity index (χ0) is 51.3. The van der Waals surface area contributed by atoms with Crippen molar-refractivity contribution in [3.63, 3.8) is 0 Å². The Morgan fingerprint density at radius 3 is 1.31 bits per heavy atom. The maximum Gasteiger partial charge on any atom is 0.268 e. The zero-order valence-electron chi connectivity index (χ0n) is 45.9. The number of hydrogen-bond donors (Lipinski definition) is 2. The highest BCUT2D eigenvalue weighted by molar-refractivity contribution is 7.45. The smallest absolute Gasteiger partial charge is 0.268 e. The Morgan fingerprint density at radius 1 is 0.514 bits per heavy atom. The van der Waals surface area contributed by atoms with E-state index in [2.05, 4.69) is 104 Å². The highest BCUT2D eigenvalue weighted by atomic mass is 31.2. The molecule has 0 rings (SSSR count). The third kappa shape index (κ3) is 53.2. The van der Waals surface area contributed by atoms with E-state index in [1.807, 2.05) is 27.2 Å². The molecule has 0 aliphatic heterocycles. The number of aliphatic hydroxyl groups excluding tert-OH is 1. The Kier molecular flexibility index (Phi) is 49.4. The van der Waals surface area contributed by atoms with E-state index in [1.54, 1.807) is 6.08 Å². The minimum atomic E-state index is -4.60. The highest BCUT2D eigenvalue weighted by Gasteiger charge is 2.23. The van der Waals surface area contributed by atoms with Gasteiger partial charge in [0.1, 0.15) is 13.2 Å². The number of amides is 1. The fourth-order valence-corrected chi connectivity index (χ4v) is 8.53. The molecule has 9 heteroatoms. The van der Waals surface area contributed by atoms with Crippen LogP contribution in [0.25, 0.3) is 0 Å². The molecular weight excluding hydrogens is 888 g/mol. The summed E-state index contributed by atoms with van der Waals surface area (Å²) in [7, 11) is 1.23. The first-order chi connectivity index (χ1) is 34.0. The number of nitrogens with one attached hydrogen (secondary N) is 1. The van der Waals surface area contributed by atoms with Gasteiger partial charge >= 0.3 is 0 Å². The average Bonchev–Trinajstić information content (AvgIpc) is 3.32. The van der Waals surface area contributed by atoms with Gasteiger partial charge in [-0.1, -0.05) is 239 Å². The largest absolute Gasteiger partial charge is 0.756 e. The number of aliphatic hydroxyl groups is 1. The molecule has 3 atom stereocenters. The van der Waals surface area contributed by atoms with Crippen molar-refractivity contribution in [1.29, 1.82) is 0 Å². The first-order valence-corrected chi connectivity index (χ1v) is 30.1. The van der Waals surface area contributed by atoms with Crippen LogP contribution in [0.15, 0.2) is 97.2 Å². The quantitative estimate of drug-likeness (QED) is 0.0272. The topological polar surface area (TPSA) is 108 Å². The maximum absolute atomic E-state index is 12.9. The summed E-state index contributed by atoms with van der Waals surface area (Å²) < 4.78 is 23.2. The molecule has 0 bridgehead atoms. The van der Waals surface area contributed by atoms with Gasteiger partial charge in [0, 0.05) is 6.42 Å². The lowest BCUT2D eigenvalue weighted by Crippen LogP contribution is -2.45. The van der Waals surface area contributed by atoms with Crippen molar-refractivity contribution in [2.45, 2.75) is 244 Å². The van der Waals surface area contributed by atoms with Gasteiger partial charge in [-0.25, -0.2) is 0 Å². The molecule has 0 saturated carbocycles. The van der Waals surface area contributed by atoms with E-state index < -0.39 is 26.6 Å². The summed E-state index contributed by atoms with van der Waals surface area (Å²) in [5, 5.41) is 13.8. The van der Waals surface area contributed by atoms with Gasteiger partial charge < -0.3 is 28.8 Å². The molecule has 0 aliphatic carbocycles. The number of nitrogens with zero attached hydrogens (tertiary/aromatic N) is 1. The Bertz CT molecular complexity index is 1460. The van der Waals surface area contributed by atoms with E-state index in [0.717, 1.165) is 83.5 Å². The monoisotopic (exact) mass is 997 g/mol. The number of hydrogen-bond acceptors (Lipinski definition) is 6. The molecule has 70 heavy (non-hydrogen) atoms. The van der Waals surface area contributed by atoms with Crippen LogP contribution in [0.5, 0.6) is 0 Å². The van der Waals surface area contributed by atoms with Crippen LogP contribution in [0.1, 0.15) is 232 Å². The van der Waals surface area contributed by atoms with E-state index in [4.69, 9.17) is 9.05 Å². The normalized spacial score (nSPS) is 14.7. The molecule has 0 spiro atoms. The van der Waals surface area contributed by atoms with Crippen molar-refractivity contribution < 1.29 is 32.9 Å². The van der Waals surface area contributed by atoms with Crippen LogP contribution in [0.2, 0.25) is 0 Å². The van der Waals surface area contributed by atoms with Crippen molar-refractivity contribution in [3.05, 3.63) is 97.2 Å². The summed E-state index contributed by atoms with van der Waals surface area (Å²) in [4.78, 5) is 25.4. The molecule has 3 unspecified atom stereocenters. The maximum atomic E-state index is 12.9. The summed E-state index contributed by atoms with van der Waals surface area (Å²) in [5.74, 6) is -0.214. The van der Waals surface area contributed by atoms with Crippen molar-refractivity contribution in [2.75, 3.05) is 40.9 Å². The molecule has 0 aromatic heterocycles. The van der Waals surface area contributed by atoms with E-state index >= 15 is 0 Å². The molecule has 0 aromatic rings. The number of allylic oxidation sites excluding steroid dienone is 15. The molecule has 404 valence electrons. The second kappa shape index (κ2) is 51.3. The summed E-state index contributed by atoms with van der Waals surface area (Å²) in [6, 6.07) is -0.911. The van der Waals surface area contributed by atoms with Gasteiger partial charge in [0.05, 0.1) is 39.9 Å². The van der Waals surface area contributed by atoms with Crippen molar-refractivity contribution in [2.24, 2.45) is 0 Å². The average molecular weight is 998 g/mol. The minimum Gasteiger partial charge on any atom is -0.756 e. The van der Waals surface area contributed by atoms with Crippen LogP contribution in [0.4, 0.5) is 0 Å². The second-order valence-corrected chi connectivity index (χ2v) is 21.7. The Hall–Kier alpha value is -2.58. The molecule has 2 N–H and O–H groups in total. The molecule has 0 radical (unpaired) electrons. The predicted molar refractivity (Wildman–Crippen MR) is 302 cm³/mol. The van der Waals surface area contributed by atoms with Crippen LogP contribution in [-0.4, -0.2) is 68.5 Å². The summed E-state index contributed by atoms with van der Waals surface area (Å²) >= 11 is 0. The molecule has 8 nitrogen and oxygen atoms in total. The van der Waals surface area contributed by atoms with E-state index in [1.165, 1.54) is 128 Å². The number of phosphoric acid groups is 1. The van der Waals surface area contributed by atoms with Gasteiger partial charge in [0.2, 0.25) is 5.91 Å². The first-order valence-electron chi connectivity index (χ1n) is 28.6. The lowest BCUT2D eigenvalue weighted by molar-refractivity contribution is -0.870. The van der Waals surface area contributed by atoms with Gasteiger partial charge in [-0.15, -0.1) is 0 Å². The molecule has 0 aliphatic rings. The first kappa shape index (κ1) is 67.4. The predicted octanol–water partition coefficient (Wildman–Crippen LogP) is 16.8. The molecular formula is C61H109N2O6P. The molecule has 0 saturated heterocycles. The summed E-state index contributed by atoms with van der Waals surface area (Å²) in [5.41, 5.74) is 0. The number of carbonyl (C=O) groups is 1. The van der Waals surface area contributed by atoms with Gasteiger partial charge in [0.15, 0.2) is 0 Å². The van der Waals surface area contributed by atoms with Crippen LogP contribution in [-0.2, 0) is 18.4 Å². The Labute approximate surface area is 432 Å². The van der Waals surface area contributed by atoms with Gasteiger partial charge in [-0.05, 0) is 83.5 Å². The van der Waals surface area contributed by atoms with Crippen molar-refractivity contribution >= 4 is 13.7 Å². The molecule has 0 heterocycles. The number of rotatable bonds is 51. The van der Waals surface area contributed by atoms with E-state index in [-0.39, 0.29) is 12.5 Å². The third-order valence-corrected chi connectivity index (χ3v) is 13.2. The van der Waals surface area contributed by atoms with Crippen LogP contribution in [0.3, 0.4) is 0 Å². The molecule has 0 fully saturated rings.